The molecule has 0 saturated heterocycles. The third kappa shape index (κ3) is 7.97. The lowest BCUT2D eigenvalue weighted by Crippen LogP contribution is -2.22. The zero-order chi connectivity index (χ0) is 28.9. The van der Waals surface area contributed by atoms with E-state index < -0.39 is 18.0 Å². The number of carboxylic acid groups (broad SMARTS) is 1. The van der Waals surface area contributed by atoms with Gasteiger partial charge in [-0.25, -0.2) is 9.18 Å². The lowest BCUT2D eigenvalue weighted by atomic mass is 10.2. The number of rotatable bonds is 5. The summed E-state index contributed by atoms with van der Waals surface area (Å²) in [6, 6.07) is 16.3. The van der Waals surface area contributed by atoms with Gasteiger partial charge in [0, 0.05) is 26.9 Å². The fraction of sp³-hybridized carbons (Fsp3) is 0.0800. The molecule has 4 rings (SSSR count). The van der Waals surface area contributed by atoms with Crippen molar-refractivity contribution in [3.8, 4) is 17.6 Å². The molecule has 3 aromatic carbocycles. The molecule has 202 valence electrons. The highest BCUT2D eigenvalue weighted by molar-refractivity contribution is 7.20. The van der Waals surface area contributed by atoms with Gasteiger partial charge in [0.1, 0.15) is 5.75 Å². The van der Waals surface area contributed by atoms with Crippen LogP contribution in [0.2, 0.25) is 15.1 Å². The number of thiophene rings is 1. The van der Waals surface area contributed by atoms with Crippen LogP contribution in [0.4, 0.5) is 17.6 Å². The van der Waals surface area contributed by atoms with E-state index in [0.717, 1.165) is 10.1 Å². The van der Waals surface area contributed by atoms with Crippen molar-refractivity contribution in [2.75, 3.05) is 0 Å². The minimum absolute atomic E-state index is 0.0393. The van der Waals surface area contributed by atoms with E-state index in [0.29, 0.717) is 9.90 Å². The van der Waals surface area contributed by atoms with Crippen LogP contribution in [0.1, 0.15) is 20.8 Å². The molecule has 0 aliphatic carbocycles. The molecular weight excluding hydrogens is 607 g/mol. The van der Waals surface area contributed by atoms with Gasteiger partial charge in [-0.3, -0.25) is 4.79 Å². The number of ether oxygens (including phenoxy) is 1. The third-order valence-electron chi connectivity index (χ3n) is 4.73. The Morgan fingerprint density at radius 3 is 2.36 bits per heavy atom. The number of aliphatic carboxylic acids is 1. The van der Waals surface area contributed by atoms with Gasteiger partial charge in [-0.15, -0.1) is 11.3 Å². The third-order valence-corrected chi connectivity index (χ3v) is 6.60. The molecule has 0 unspecified atom stereocenters. The number of carbonyl (C=O) groups excluding carboxylic acids is 1. The Morgan fingerprint density at radius 1 is 1.03 bits per heavy atom. The second kappa shape index (κ2) is 12.5. The smallest absolute Gasteiger partial charge is 0.475 e. The molecule has 0 aliphatic rings. The zero-order valence-corrected chi connectivity index (χ0v) is 22.2. The summed E-state index contributed by atoms with van der Waals surface area (Å²) in [5, 5.41) is 20.7. The van der Waals surface area contributed by atoms with Gasteiger partial charge in [0.2, 0.25) is 0 Å². The molecule has 1 aromatic heterocycles. The Morgan fingerprint density at radius 2 is 1.72 bits per heavy atom. The van der Waals surface area contributed by atoms with Crippen LogP contribution in [0, 0.1) is 17.1 Å². The largest absolute Gasteiger partial charge is 0.490 e. The monoisotopic (exact) mass is 618 g/mol. The molecule has 0 atom stereocenters. The SMILES string of the molecule is N#Cc1cc(Cl)cc(Oc2c(Cl)ccc(CNC(=O)c3cc4cc(Cl)ccc4s3)c2F)c1.O=C(O)C(F)(F)F. The molecule has 1 amide bonds. The highest BCUT2D eigenvalue weighted by Gasteiger charge is 2.38. The summed E-state index contributed by atoms with van der Waals surface area (Å²) in [5.74, 6) is -3.87. The van der Waals surface area contributed by atoms with Gasteiger partial charge >= 0.3 is 12.1 Å². The average Bonchev–Trinajstić information content (AvgIpc) is 3.28. The van der Waals surface area contributed by atoms with E-state index in [1.54, 1.807) is 18.2 Å². The molecule has 0 spiro atoms. The quantitative estimate of drug-likeness (QED) is 0.219. The van der Waals surface area contributed by atoms with E-state index in [-0.39, 0.29) is 45.1 Å². The summed E-state index contributed by atoms with van der Waals surface area (Å²) in [5.41, 5.74) is 0.446. The van der Waals surface area contributed by atoms with Crippen LogP contribution in [-0.4, -0.2) is 23.2 Å². The van der Waals surface area contributed by atoms with Crippen molar-refractivity contribution >= 4 is 68.1 Å². The van der Waals surface area contributed by atoms with Crippen LogP contribution in [0.25, 0.3) is 10.1 Å². The molecule has 0 radical (unpaired) electrons. The number of fused-ring (bicyclic) bond motifs is 1. The Hall–Kier alpha value is -3.56. The maximum atomic E-state index is 15.1. The van der Waals surface area contributed by atoms with Crippen molar-refractivity contribution in [1.29, 1.82) is 5.26 Å². The number of benzene rings is 3. The van der Waals surface area contributed by atoms with Crippen molar-refractivity contribution in [1.82, 2.24) is 5.32 Å². The maximum Gasteiger partial charge on any atom is 0.490 e. The van der Waals surface area contributed by atoms with Crippen molar-refractivity contribution in [2.24, 2.45) is 0 Å². The van der Waals surface area contributed by atoms with E-state index in [2.05, 4.69) is 5.32 Å². The van der Waals surface area contributed by atoms with Gasteiger partial charge < -0.3 is 15.2 Å². The first kappa shape index (κ1) is 30.0. The molecule has 1 heterocycles. The Labute approximate surface area is 236 Å². The second-order valence-corrected chi connectivity index (χ2v) is 9.88. The van der Waals surface area contributed by atoms with Crippen molar-refractivity contribution in [2.45, 2.75) is 12.7 Å². The summed E-state index contributed by atoms with van der Waals surface area (Å²) in [7, 11) is 0. The minimum Gasteiger partial charge on any atom is -0.475 e. The van der Waals surface area contributed by atoms with E-state index >= 15 is 4.39 Å². The minimum atomic E-state index is -5.08. The van der Waals surface area contributed by atoms with Gasteiger partial charge in [0.15, 0.2) is 11.6 Å². The lowest BCUT2D eigenvalue weighted by Gasteiger charge is -2.13. The summed E-state index contributed by atoms with van der Waals surface area (Å²) >= 11 is 19.4. The molecule has 6 nitrogen and oxygen atoms in total. The number of carbonyl (C=O) groups is 2. The molecule has 0 fully saturated rings. The van der Waals surface area contributed by atoms with E-state index in [4.69, 9.17) is 54.7 Å². The number of hydrogen-bond donors (Lipinski definition) is 2. The van der Waals surface area contributed by atoms with E-state index in [1.807, 2.05) is 12.1 Å². The zero-order valence-electron chi connectivity index (χ0n) is 19.1. The highest BCUT2D eigenvalue weighted by Crippen LogP contribution is 2.35. The fourth-order valence-electron chi connectivity index (χ4n) is 3.00. The first-order chi connectivity index (χ1) is 18.3. The number of carboxylic acids is 1. The Bertz CT molecular complexity index is 1600. The average molecular weight is 620 g/mol. The number of halogens is 7. The maximum absolute atomic E-state index is 15.1. The van der Waals surface area contributed by atoms with E-state index in [9.17, 15) is 18.0 Å². The Kier molecular flexibility index (Phi) is 9.63. The molecule has 0 aliphatic heterocycles. The van der Waals surface area contributed by atoms with Gasteiger partial charge in [-0.2, -0.15) is 18.4 Å². The molecule has 2 N–H and O–H groups in total. The first-order valence-electron chi connectivity index (χ1n) is 10.4. The molecule has 0 saturated carbocycles. The normalized spacial score (nSPS) is 10.8. The summed E-state index contributed by atoms with van der Waals surface area (Å²) in [6.45, 7) is -0.0772. The number of hydrogen-bond acceptors (Lipinski definition) is 5. The van der Waals surface area contributed by atoms with Gasteiger partial charge in [0.25, 0.3) is 5.91 Å². The summed E-state index contributed by atoms with van der Waals surface area (Å²) in [4.78, 5) is 22.0. The van der Waals surface area contributed by atoms with Gasteiger partial charge in [0.05, 0.1) is 21.5 Å². The number of nitrogens with one attached hydrogen (secondary N) is 1. The molecular formula is C25H13Cl3F4N2O4S. The van der Waals surface area contributed by atoms with E-state index in [1.165, 1.54) is 41.7 Å². The molecule has 39 heavy (non-hydrogen) atoms. The Balaban J connectivity index is 0.000000532. The van der Waals surface area contributed by atoms with Crippen LogP contribution >= 0.6 is 46.1 Å². The topological polar surface area (TPSA) is 99.4 Å². The summed E-state index contributed by atoms with van der Waals surface area (Å²) in [6.07, 6.45) is -5.08. The number of nitrogens with zero attached hydrogens (tertiary/aromatic N) is 1. The van der Waals surface area contributed by atoms with Gasteiger partial charge in [-0.05, 0) is 53.9 Å². The number of nitriles is 1. The molecule has 4 aromatic rings. The number of alkyl halides is 3. The fourth-order valence-corrected chi connectivity index (χ4v) is 4.55. The lowest BCUT2D eigenvalue weighted by molar-refractivity contribution is -0.192. The number of amides is 1. The first-order valence-corrected chi connectivity index (χ1v) is 12.4. The highest BCUT2D eigenvalue weighted by atomic mass is 35.5. The van der Waals surface area contributed by atoms with Crippen LogP contribution in [-0.2, 0) is 11.3 Å². The second-order valence-electron chi connectivity index (χ2n) is 7.52. The predicted molar refractivity (Wildman–Crippen MR) is 139 cm³/mol. The van der Waals surface area contributed by atoms with Crippen molar-refractivity contribution < 1.29 is 37.0 Å². The van der Waals surface area contributed by atoms with Crippen LogP contribution in [0.5, 0.6) is 11.5 Å². The van der Waals surface area contributed by atoms with Crippen LogP contribution in [0.15, 0.2) is 54.6 Å². The van der Waals surface area contributed by atoms with Gasteiger partial charge in [-0.1, -0.05) is 40.9 Å². The van der Waals surface area contributed by atoms with Crippen LogP contribution in [0.3, 0.4) is 0 Å². The molecule has 14 heteroatoms. The standard InChI is InChI=1S/C23H12Cl3FN2O2S.C2HF3O2/c24-15-2-4-19-14(7-15)8-20(32-19)23(30)29-11-13-1-3-18(26)22(21(13)27)31-17-6-12(10-28)5-16(25)9-17;3-2(4,5)1(6)7/h1-9H,11H2,(H,29,30);(H,6,7). The van der Waals surface area contributed by atoms with Crippen molar-refractivity contribution in [3.05, 3.63) is 91.5 Å². The summed E-state index contributed by atoms with van der Waals surface area (Å²) < 4.78 is 53.3. The molecule has 0 bridgehead atoms. The van der Waals surface area contributed by atoms with Crippen molar-refractivity contribution in [3.63, 3.8) is 0 Å². The predicted octanol–water partition coefficient (Wildman–Crippen LogP) is 8.23. The van der Waals surface area contributed by atoms with Crippen LogP contribution < -0.4 is 10.1 Å².